The fourth-order valence-corrected chi connectivity index (χ4v) is 4.31. The molecule has 0 spiro atoms. The SMILES string of the molecule is C/C(=C/C(=O)Nc1ccc(-n2c(C)nc3ccccc32)cc1C(=O)O)c1ccc2ccccc2c1. The predicted molar refractivity (Wildman–Crippen MR) is 139 cm³/mol. The summed E-state index contributed by atoms with van der Waals surface area (Å²) in [6.45, 7) is 3.73. The molecule has 5 aromatic rings. The van der Waals surface area contributed by atoms with E-state index in [0.29, 0.717) is 5.69 Å². The molecule has 1 heterocycles. The van der Waals surface area contributed by atoms with Gasteiger partial charge in [0.2, 0.25) is 5.91 Å². The van der Waals surface area contributed by atoms with E-state index in [1.54, 1.807) is 18.2 Å². The molecule has 0 aliphatic carbocycles. The maximum Gasteiger partial charge on any atom is 0.337 e. The number of amides is 1. The van der Waals surface area contributed by atoms with Gasteiger partial charge in [0.1, 0.15) is 5.82 Å². The Bertz CT molecular complexity index is 1650. The number of carboxylic acid groups (broad SMARTS) is 1. The molecule has 0 fully saturated rings. The molecular weight excluding hydrogens is 438 g/mol. The number of carbonyl (C=O) groups is 2. The van der Waals surface area contributed by atoms with E-state index in [4.69, 9.17) is 0 Å². The molecule has 4 aromatic carbocycles. The van der Waals surface area contributed by atoms with Crippen LogP contribution in [0, 0.1) is 6.92 Å². The maximum atomic E-state index is 12.8. The highest BCUT2D eigenvalue weighted by atomic mass is 16.4. The van der Waals surface area contributed by atoms with Crippen molar-refractivity contribution in [2.24, 2.45) is 0 Å². The van der Waals surface area contributed by atoms with E-state index in [9.17, 15) is 14.7 Å². The topological polar surface area (TPSA) is 84.2 Å². The summed E-state index contributed by atoms with van der Waals surface area (Å²) in [4.78, 5) is 29.4. The van der Waals surface area contributed by atoms with Gasteiger partial charge in [-0.05, 0) is 72.2 Å². The Kier molecular flexibility index (Phi) is 5.63. The summed E-state index contributed by atoms with van der Waals surface area (Å²) in [7, 11) is 0. The number of nitrogens with zero attached hydrogens (tertiary/aromatic N) is 2. The van der Waals surface area contributed by atoms with Gasteiger partial charge in [0, 0.05) is 11.8 Å². The average molecular weight is 462 g/mol. The lowest BCUT2D eigenvalue weighted by Gasteiger charge is -2.12. The zero-order valence-corrected chi connectivity index (χ0v) is 19.3. The molecule has 5 rings (SSSR count). The minimum atomic E-state index is -1.13. The number of aryl methyl sites for hydroxylation is 1. The molecule has 6 nitrogen and oxygen atoms in total. The quantitative estimate of drug-likeness (QED) is 0.304. The second-order valence-electron chi connectivity index (χ2n) is 8.40. The zero-order valence-electron chi connectivity index (χ0n) is 19.3. The van der Waals surface area contributed by atoms with E-state index >= 15 is 0 Å². The molecule has 0 radical (unpaired) electrons. The van der Waals surface area contributed by atoms with E-state index in [1.807, 2.05) is 85.1 Å². The van der Waals surface area contributed by atoms with Crippen LogP contribution in [0.2, 0.25) is 0 Å². The first-order valence-corrected chi connectivity index (χ1v) is 11.2. The summed E-state index contributed by atoms with van der Waals surface area (Å²) in [5.41, 5.74) is 4.31. The number of rotatable bonds is 5. The van der Waals surface area contributed by atoms with Crippen LogP contribution in [0.15, 0.2) is 91.0 Å². The Balaban J connectivity index is 1.45. The smallest absolute Gasteiger partial charge is 0.337 e. The van der Waals surface area contributed by atoms with Crippen LogP contribution in [0.5, 0.6) is 0 Å². The second-order valence-corrected chi connectivity index (χ2v) is 8.40. The third-order valence-corrected chi connectivity index (χ3v) is 6.03. The van der Waals surface area contributed by atoms with Crippen molar-refractivity contribution in [3.8, 4) is 5.69 Å². The van der Waals surface area contributed by atoms with Gasteiger partial charge in [-0.1, -0.05) is 48.5 Å². The lowest BCUT2D eigenvalue weighted by molar-refractivity contribution is -0.111. The van der Waals surface area contributed by atoms with Crippen LogP contribution < -0.4 is 5.32 Å². The molecule has 0 aliphatic rings. The number of carbonyl (C=O) groups excluding carboxylic acids is 1. The van der Waals surface area contributed by atoms with Crippen LogP contribution in [0.4, 0.5) is 5.69 Å². The average Bonchev–Trinajstić information content (AvgIpc) is 3.19. The number of aromatic carboxylic acids is 1. The number of hydrogen-bond acceptors (Lipinski definition) is 3. The molecule has 0 bridgehead atoms. The Morgan fingerprint density at radius 1 is 0.914 bits per heavy atom. The van der Waals surface area contributed by atoms with Crippen LogP contribution in [-0.4, -0.2) is 26.5 Å². The molecule has 1 aromatic heterocycles. The third-order valence-electron chi connectivity index (χ3n) is 6.03. The van der Waals surface area contributed by atoms with E-state index in [1.165, 1.54) is 6.08 Å². The second kappa shape index (κ2) is 8.91. The highest BCUT2D eigenvalue weighted by Crippen LogP contribution is 2.26. The third kappa shape index (κ3) is 4.29. The monoisotopic (exact) mass is 461 g/mol. The van der Waals surface area contributed by atoms with E-state index < -0.39 is 11.9 Å². The van der Waals surface area contributed by atoms with E-state index in [-0.39, 0.29) is 11.3 Å². The Morgan fingerprint density at radius 3 is 2.46 bits per heavy atom. The largest absolute Gasteiger partial charge is 0.478 e. The van der Waals surface area contributed by atoms with Crippen molar-refractivity contribution in [1.29, 1.82) is 0 Å². The van der Waals surface area contributed by atoms with Crippen LogP contribution in [0.1, 0.15) is 28.7 Å². The van der Waals surface area contributed by atoms with Crippen LogP contribution >= 0.6 is 0 Å². The van der Waals surface area contributed by atoms with Gasteiger partial charge in [-0.2, -0.15) is 0 Å². The highest BCUT2D eigenvalue weighted by molar-refractivity contribution is 6.07. The van der Waals surface area contributed by atoms with Gasteiger partial charge in [-0.3, -0.25) is 9.36 Å². The molecule has 2 N–H and O–H groups in total. The van der Waals surface area contributed by atoms with Crippen molar-refractivity contribution in [3.63, 3.8) is 0 Å². The van der Waals surface area contributed by atoms with Crippen LogP contribution in [0.3, 0.4) is 0 Å². The summed E-state index contributed by atoms with van der Waals surface area (Å²) >= 11 is 0. The number of anilines is 1. The summed E-state index contributed by atoms with van der Waals surface area (Å²) < 4.78 is 1.90. The number of para-hydroxylation sites is 2. The fraction of sp³-hybridized carbons (Fsp3) is 0.0690. The van der Waals surface area contributed by atoms with Gasteiger partial charge in [-0.25, -0.2) is 9.78 Å². The fourth-order valence-electron chi connectivity index (χ4n) is 4.31. The number of imidazole rings is 1. The number of fused-ring (bicyclic) bond motifs is 2. The minimum absolute atomic E-state index is 0.00443. The molecule has 172 valence electrons. The molecule has 0 atom stereocenters. The molecule has 0 unspecified atom stereocenters. The Labute approximate surface area is 202 Å². The zero-order chi connectivity index (χ0) is 24.5. The molecule has 0 saturated carbocycles. The van der Waals surface area contributed by atoms with Crippen molar-refractivity contribution >= 4 is 44.9 Å². The highest BCUT2D eigenvalue weighted by Gasteiger charge is 2.16. The lowest BCUT2D eigenvalue weighted by Crippen LogP contribution is -2.13. The van der Waals surface area contributed by atoms with Gasteiger partial charge in [-0.15, -0.1) is 0 Å². The number of hydrogen-bond donors (Lipinski definition) is 2. The van der Waals surface area contributed by atoms with Gasteiger partial charge in [0.15, 0.2) is 0 Å². The number of allylic oxidation sites excluding steroid dienone is 1. The van der Waals surface area contributed by atoms with Crippen LogP contribution in [0.25, 0.3) is 33.1 Å². The van der Waals surface area contributed by atoms with E-state index in [2.05, 4.69) is 10.3 Å². The van der Waals surface area contributed by atoms with Gasteiger partial charge < -0.3 is 10.4 Å². The molecule has 0 saturated heterocycles. The Morgan fingerprint density at radius 2 is 1.66 bits per heavy atom. The van der Waals surface area contributed by atoms with Crippen molar-refractivity contribution in [2.45, 2.75) is 13.8 Å². The van der Waals surface area contributed by atoms with Crippen molar-refractivity contribution in [2.75, 3.05) is 5.32 Å². The molecule has 6 heteroatoms. The van der Waals surface area contributed by atoms with Gasteiger partial charge in [0.05, 0.1) is 22.3 Å². The minimum Gasteiger partial charge on any atom is -0.478 e. The summed E-state index contributed by atoms with van der Waals surface area (Å²) in [5, 5.41) is 14.8. The lowest BCUT2D eigenvalue weighted by atomic mass is 10.0. The number of nitrogens with one attached hydrogen (secondary N) is 1. The van der Waals surface area contributed by atoms with Crippen molar-refractivity contribution in [1.82, 2.24) is 9.55 Å². The summed E-state index contributed by atoms with van der Waals surface area (Å²) in [6, 6.07) is 26.7. The van der Waals surface area contributed by atoms with Gasteiger partial charge >= 0.3 is 5.97 Å². The molecule has 0 aliphatic heterocycles. The van der Waals surface area contributed by atoms with Crippen molar-refractivity contribution < 1.29 is 14.7 Å². The first kappa shape index (κ1) is 22.1. The standard InChI is InChI=1S/C29H23N3O3/c1-18(21-12-11-20-7-3-4-8-22(20)16-21)15-28(33)31-25-14-13-23(17-24(25)29(34)35)32-19(2)30-26-9-5-6-10-27(26)32/h3-17H,1-2H3,(H,31,33)(H,34,35)/b18-15-. The summed E-state index contributed by atoms with van der Waals surface area (Å²) in [5.74, 6) is -0.775. The number of carboxylic acids is 1. The van der Waals surface area contributed by atoms with Crippen LogP contribution in [-0.2, 0) is 4.79 Å². The molecule has 35 heavy (non-hydrogen) atoms. The molecule has 1 amide bonds. The molecular formula is C29H23N3O3. The number of aromatic nitrogens is 2. The Hall–Kier alpha value is -4.71. The van der Waals surface area contributed by atoms with Crippen molar-refractivity contribution in [3.05, 3.63) is 108 Å². The van der Waals surface area contributed by atoms with Gasteiger partial charge in [0.25, 0.3) is 0 Å². The first-order chi connectivity index (χ1) is 16.9. The number of benzene rings is 4. The predicted octanol–water partition coefficient (Wildman–Crippen LogP) is 6.23. The normalized spacial score (nSPS) is 11.7. The summed E-state index contributed by atoms with van der Waals surface area (Å²) in [6.07, 6.45) is 1.48. The maximum absolute atomic E-state index is 12.8. The first-order valence-electron chi connectivity index (χ1n) is 11.2. The van der Waals surface area contributed by atoms with E-state index in [0.717, 1.165) is 38.8 Å².